The Bertz CT molecular complexity index is 416. The Morgan fingerprint density at radius 2 is 2.00 bits per heavy atom. The highest BCUT2D eigenvalue weighted by Gasteiger charge is 2.19. The van der Waals surface area contributed by atoms with E-state index in [1.54, 1.807) is 30.3 Å². The van der Waals surface area contributed by atoms with Gasteiger partial charge in [-0.05, 0) is 19.1 Å². The highest BCUT2D eigenvalue weighted by molar-refractivity contribution is 7.51. The van der Waals surface area contributed by atoms with Crippen molar-refractivity contribution in [3.8, 4) is 5.75 Å². The van der Waals surface area contributed by atoms with Crippen LogP contribution in [0.2, 0.25) is 0 Å². The lowest BCUT2D eigenvalue weighted by atomic mass is 10.3. The van der Waals surface area contributed by atoms with Gasteiger partial charge in [0.1, 0.15) is 11.8 Å². The first kappa shape index (κ1) is 13.9. The fraction of sp³-hybridized carbons (Fsp3) is 0.300. The number of rotatable bonds is 5. The van der Waals surface area contributed by atoms with Crippen molar-refractivity contribution in [2.75, 3.05) is 6.29 Å². The molecule has 0 fully saturated rings. The maximum absolute atomic E-state index is 11.5. The Kier molecular flexibility index (Phi) is 4.84. The van der Waals surface area contributed by atoms with Crippen LogP contribution >= 0.6 is 7.60 Å². The van der Waals surface area contributed by atoms with Crippen LogP contribution in [0.5, 0.6) is 5.75 Å². The van der Waals surface area contributed by atoms with Crippen molar-refractivity contribution in [1.82, 2.24) is 5.32 Å². The van der Waals surface area contributed by atoms with Crippen LogP contribution in [0.1, 0.15) is 6.92 Å². The number of benzene rings is 1. The summed E-state index contributed by atoms with van der Waals surface area (Å²) in [6.07, 6.45) is -0.557. The average molecular weight is 259 g/mol. The Morgan fingerprint density at radius 3 is 2.53 bits per heavy atom. The second-order valence-corrected chi connectivity index (χ2v) is 5.13. The molecule has 0 radical (unpaired) electrons. The monoisotopic (exact) mass is 259 g/mol. The van der Waals surface area contributed by atoms with Crippen molar-refractivity contribution in [1.29, 1.82) is 0 Å². The van der Waals surface area contributed by atoms with Crippen molar-refractivity contribution >= 4 is 13.6 Å². The standard InChI is InChI=1S/C10H14NO5P/c1-8(11-7-17(13,14)15)10(12)16-9-5-3-2-4-6-9/h2-6,8,11H,7H2,1H3,(H2,13,14,15)/t8-/m0/s1. The number of hydrogen-bond acceptors (Lipinski definition) is 4. The Labute approximate surface area is 98.8 Å². The lowest BCUT2D eigenvalue weighted by Crippen LogP contribution is -2.37. The third kappa shape index (κ3) is 5.60. The fourth-order valence-corrected chi connectivity index (χ4v) is 1.54. The van der Waals surface area contributed by atoms with Crippen molar-refractivity contribution in [2.24, 2.45) is 0 Å². The average Bonchev–Trinajstić information content (AvgIpc) is 2.26. The number of carbonyl (C=O) groups excluding carboxylic acids is 1. The van der Waals surface area contributed by atoms with E-state index in [2.05, 4.69) is 5.32 Å². The number of nitrogens with one attached hydrogen (secondary N) is 1. The molecule has 0 amide bonds. The first-order valence-corrected chi connectivity index (χ1v) is 6.73. The molecule has 1 atom stereocenters. The van der Waals surface area contributed by atoms with E-state index < -0.39 is 25.9 Å². The lowest BCUT2D eigenvalue weighted by molar-refractivity contribution is -0.136. The van der Waals surface area contributed by atoms with Crippen LogP contribution < -0.4 is 10.1 Å². The number of hydrogen-bond donors (Lipinski definition) is 3. The molecule has 0 aromatic heterocycles. The summed E-state index contributed by atoms with van der Waals surface area (Å²) in [6, 6.07) is 7.67. The second-order valence-electron chi connectivity index (χ2n) is 3.48. The molecule has 0 unspecified atom stereocenters. The third-order valence-electron chi connectivity index (χ3n) is 1.92. The molecule has 1 aromatic carbocycles. The molecule has 94 valence electrons. The number of carbonyl (C=O) groups is 1. The van der Waals surface area contributed by atoms with Crippen LogP contribution in [0.25, 0.3) is 0 Å². The summed E-state index contributed by atoms with van der Waals surface area (Å²) >= 11 is 0. The first-order valence-electron chi connectivity index (χ1n) is 4.93. The maximum atomic E-state index is 11.5. The summed E-state index contributed by atoms with van der Waals surface area (Å²) in [4.78, 5) is 28.8. The van der Waals surface area contributed by atoms with Crippen LogP contribution in [-0.2, 0) is 9.36 Å². The van der Waals surface area contributed by atoms with Gasteiger partial charge in [-0.15, -0.1) is 0 Å². The molecule has 0 saturated heterocycles. The number of ether oxygens (including phenoxy) is 1. The minimum atomic E-state index is -4.16. The molecule has 0 saturated carbocycles. The molecule has 0 aliphatic rings. The minimum absolute atomic E-state index is 0.391. The molecule has 7 heteroatoms. The summed E-state index contributed by atoms with van der Waals surface area (Å²) in [7, 11) is -4.16. The van der Waals surface area contributed by atoms with Gasteiger partial charge in [-0.25, -0.2) is 4.79 Å². The van der Waals surface area contributed by atoms with Crippen molar-refractivity contribution in [3.05, 3.63) is 30.3 Å². The summed E-state index contributed by atoms with van der Waals surface area (Å²) in [6.45, 7) is 1.47. The smallest absolute Gasteiger partial charge is 0.339 e. The molecule has 3 N–H and O–H groups in total. The van der Waals surface area contributed by atoms with Crippen LogP contribution in [0.3, 0.4) is 0 Å². The molecule has 0 heterocycles. The molecular formula is C10H14NO5P. The molecule has 1 aromatic rings. The first-order chi connectivity index (χ1) is 7.88. The van der Waals surface area contributed by atoms with Crippen LogP contribution in [0.4, 0.5) is 0 Å². The molecule has 6 nitrogen and oxygen atoms in total. The van der Waals surface area contributed by atoms with Crippen molar-refractivity contribution in [2.45, 2.75) is 13.0 Å². The van der Waals surface area contributed by atoms with Gasteiger partial charge in [-0.1, -0.05) is 18.2 Å². The predicted octanol–water partition coefficient (Wildman–Crippen LogP) is 0.705. The van der Waals surface area contributed by atoms with Gasteiger partial charge in [-0.2, -0.15) is 0 Å². The quantitative estimate of drug-likeness (QED) is 0.409. The third-order valence-corrected chi connectivity index (χ3v) is 2.51. The van der Waals surface area contributed by atoms with Gasteiger partial charge in [0.05, 0.1) is 6.29 Å². The molecule has 0 aliphatic carbocycles. The molecule has 0 aliphatic heterocycles. The fourth-order valence-electron chi connectivity index (χ4n) is 1.03. The molecule has 17 heavy (non-hydrogen) atoms. The molecule has 1 rings (SSSR count). The highest BCUT2D eigenvalue weighted by atomic mass is 31.2. The van der Waals surface area contributed by atoms with Gasteiger partial charge in [-0.3, -0.25) is 9.88 Å². The normalized spacial score (nSPS) is 13.1. The van der Waals surface area contributed by atoms with E-state index in [1.807, 2.05) is 0 Å². The number of esters is 1. The zero-order valence-corrected chi connectivity index (χ0v) is 10.1. The minimum Gasteiger partial charge on any atom is -0.425 e. The Morgan fingerprint density at radius 1 is 1.41 bits per heavy atom. The van der Waals surface area contributed by atoms with Gasteiger partial charge in [0.2, 0.25) is 0 Å². The largest absolute Gasteiger partial charge is 0.425 e. The van der Waals surface area contributed by atoms with Crippen molar-refractivity contribution < 1.29 is 23.9 Å². The van der Waals surface area contributed by atoms with E-state index in [1.165, 1.54) is 6.92 Å². The van der Waals surface area contributed by atoms with E-state index >= 15 is 0 Å². The predicted molar refractivity (Wildman–Crippen MR) is 61.6 cm³/mol. The van der Waals surface area contributed by atoms with Crippen molar-refractivity contribution in [3.63, 3.8) is 0 Å². The van der Waals surface area contributed by atoms with Gasteiger partial charge in [0, 0.05) is 0 Å². The lowest BCUT2D eigenvalue weighted by Gasteiger charge is -2.13. The van der Waals surface area contributed by atoms with Gasteiger partial charge >= 0.3 is 13.6 Å². The molecular weight excluding hydrogens is 245 g/mol. The molecule has 0 bridgehead atoms. The zero-order valence-electron chi connectivity index (χ0n) is 9.24. The molecule has 0 spiro atoms. The summed E-state index contributed by atoms with van der Waals surface area (Å²) < 4.78 is 15.6. The second kappa shape index (κ2) is 5.93. The van der Waals surface area contributed by atoms with Crippen LogP contribution in [0, 0.1) is 0 Å². The van der Waals surface area contributed by atoms with Crippen LogP contribution in [0.15, 0.2) is 30.3 Å². The maximum Gasteiger partial charge on any atom is 0.339 e. The van der Waals surface area contributed by atoms with E-state index in [4.69, 9.17) is 14.5 Å². The van der Waals surface area contributed by atoms with Crippen LogP contribution in [-0.4, -0.2) is 28.1 Å². The van der Waals surface area contributed by atoms with E-state index in [9.17, 15) is 9.36 Å². The van der Waals surface area contributed by atoms with Gasteiger partial charge in [0.15, 0.2) is 0 Å². The topological polar surface area (TPSA) is 95.9 Å². The summed E-state index contributed by atoms with van der Waals surface area (Å²) in [5.41, 5.74) is 0. The highest BCUT2D eigenvalue weighted by Crippen LogP contribution is 2.32. The van der Waals surface area contributed by atoms with E-state index in [-0.39, 0.29) is 0 Å². The zero-order chi connectivity index (χ0) is 12.9. The summed E-state index contributed by atoms with van der Waals surface area (Å²) in [5.74, 6) is -0.202. The van der Waals surface area contributed by atoms with E-state index in [0.717, 1.165) is 0 Å². The van der Waals surface area contributed by atoms with Gasteiger partial charge < -0.3 is 14.5 Å². The van der Waals surface area contributed by atoms with E-state index in [0.29, 0.717) is 5.75 Å². The summed E-state index contributed by atoms with van der Waals surface area (Å²) in [5, 5.41) is 2.40. The Hall–Kier alpha value is -1.20. The Balaban J connectivity index is 2.45. The SMILES string of the molecule is C[C@H](NCP(=O)(O)O)C(=O)Oc1ccccc1. The number of para-hydroxylation sites is 1. The van der Waals surface area contributed by atoms with Gasteiger partial charge in [0.25, 0.3) is 0 Å².